The molecule has 148 valence electrons. The standard InChI is InChI=1S/C18H32N2O3.C2H6.H2/c1-4-5-7-18(22)19-10-6-11-20-12-8-16(9-13-20)23-14-17(21)15(2)3;1-2;/h5,7,15-16H,4,6,8-14H2,1-3H3,(H,19,22);1-2H3;1H/b7-5+;;. The summed E-state index contributed by atoms with van der Waals surface area (Å²) in [7, 11) is 0. The van der Waals surface area contributed by atoms with Gasteiger partial charge in [0, 0.05) is 27.0 Å². The van der Waals surface area contributed by atoms with Gasteiger partial charge in [0.1, 0.15) is 6.61 Å². The van der Waals surface area contributed by atoms with Crippen LogP contribution >= 0.6 is 0 Å². The Kier molecular flexibility index (Phi) is 14.4. The van der Waals surface area contributed by atoms with Crippen molar-refractivity contribution in [2.24, 2.45) is 5.92 Å². The number of Topliss-reactive ketones (excluding diaryl/α,β-unsaturated/α-hetero) is 1. The normalized spacial score (nSPS) is 15.9. The van der Waals surface area contributed by atoms with Gasteiger partial charge < -0.3 is 15.0 Å². The van der Waals surface area contributed by atoms with E-state index in [1.54, 1.807) is 6.08 Å². The van der Waals surface area contributed by atoms with Crippen LogP contribution in [0.5, 0.6) is 0 Å². The average Bonchev–Trinajstić information content (AvgIpc) is 2.64. The van der Waals surface area contributed by atoms with Crippen molar-refractivity contribution in [2.45, 2.75) is 66.4 Å². The molecule has 0 unspecified atom stereocenters. The number of allylic oxidation sites excluding steroid dienone is 1. The van der Waals surface area contributed by atoms with Crippen LogP contribution in [0.3, 0.4) is 0 Å². The van der Waals surface area contributed by atoms with Gasteiger partial charge in [-0.3, -0.25) is 9.59 Å². The number of hydrogen-bond donors (Lipinski definition) is 1. The molecule has 0 atom stereocenters. The highest BCUT2D eigenvalue weighted by Crippen LogP contribution is 2.14. The zero-order valence-electron chi connectivity index (χ0n) is 16.8. The van der Waals surface area contributed by atoms with E-state index in [0.29, 0.717) is 6.54 Å². The molecule has 5 heteroatoms. The molecule has 25 heavy (non-hydrogen) atoms. The number of likely N-dealkylation sites (tertiary alicyclic amines) is 1. The van der Waals surface area contributed by atoms with E-state index in [9.17, 15) is 9.59 Å². The molecule has 0 bridgehead atoms. The van der Waals surface area contributed by atoms with Crippen molar-refractivity contribution in [2.75, 3.05) is 32.8 Å². The first-order chi connectivity index (χ1) is 12.0. The smallest absolute Gasteiger partial charge is 0.243 e. The van der Waals surface area contributed by atoms with Gasteiger partial charge >= 0.3 is 0 Å². The quantitative estimate of drug-likeness (QED) is 0.481. The van der Waals surface area contributed by atoms with Gasteiger partial charge in [0.25, 0.3) is 0 Å². The lowest BCUT2D eigenvalue weighted by Gasteiger charge is -2.31. The minimum Gasteiger partial charge on any atom is -0.370 e. The first kappa shape index (κ1) is 23.8. The summed E-state index contributed by atoms with van der Waals surface area (Å²) in [6, 6.07) is 0. The molecular weight excluding hydrogens is 316 g/mol. The fraction of sp³-hybridized carbons (Fsp3) is 0.800. The third-order valence-corrected chi connectivity index (χ3v) is 4.10. The molecule has 0 aromatic carbocycles. The second kappa shape index (κ2) is 15.1. The number of ketones is 1. The van der Waals surface area contributed by atoms with Crippen LogP contribution in [0, 0.1) is 5.92 Å². The maximum absolute atomic E-state index is 11.6. The van der Waals surface area contributed by atoms with Crippen LogP contribution in [0.2, 0.25) is 0 Å². The highest BCUT2D eigenvalue weighted by molar-refractivity contribution is 5.87. The van der Waals surface area contributed by atoms with Gasteiger partial charge in [-0.2, -0.15) is 0 Å². The summed E-state index contributed by atoms with van der Waals surface area (Å²) in [5, 5.41) is 2.89. The number of rotatable bonds is 10. The van der Waals surface area contributed by atoms with Crippen LogP contribution in [-0.2, 0) is 14.3 Å². The Morgan fingerprint density at radius 2 is 1.92 bits per heavy atom. The lowest BCUT2D eigenvalue weighted by Crippen LogP contribution is -2.39. The van der Waals surface area contributed by atoms with Gasteiger partial charge in [0.15, 0.2) is 5.78 Å². The summed E-state index contributed by atoms with van der Waals surface area (Å²) in [6.45, 7) is 13.8. The molecule has 0 aromatic rings. The van der Waals surface area contributed by atoms with Crippen molar-refractivity contribution in [3.05, 3.63) is 12.2 Å². The Balaban J connectivity index is 0. The van der Waals surface area contributed by atoms with E-state index in [0.717, 1.165) is 45.3 Å². The van der Waals surface area contributed by atoms with E-state index in [1.165, 1.54) is 0 Å². The van der Waals surface area contributed by atoms with Crippen molar-refractivity contribution in [1.82, 2.24) is 10.2 Å². The van der Waals surface area contributed by atoms with E-state index in [-0.39, 0.29) is 31.7 Å². The molecule has 1 heterocycles. The van der Waals surface area contributed by atoms with Crippen molar-refractivity contribution in [3.8, 4) is 0 Å². The first-order valence-electron chi connectivity index (χ1n) is 9.84. The number of carbonyl (C=O) groups is 2. The molecule has 1 rings (SSSR count). The molecule has 0 aliphatic carbocycles. The molecule has 0 radical (unpaired) electrons. The van der Waals surface area contributed by atoms with Crippen LogP contribution < -0.4 is 5.32 Å². The summed E-state index contributed by atoms with van der Waals surface area (Å²) < 4.78 is 5.71. The molecule has 0 aromatic heterocycles. The molecule has 1 aliphatic rings. The third kappa shape index (κ3) is 11.9. The lowest BCUT2D eigenvalue weighted by molar-refractivity contribution is -0.129. The topological polar surface area (TPSA) is 58.6 Å². The van der Waals surface area contributed by atoms with Gasteiger partial charge in [-0.05, 0) is 38.3 Å². The average molecular weight is 357 g/mol. The van der Waals surface area contributed by atoms with Crippen LogP contribution in [0.25, 0.3) is 0 Å². The molecular formula is C20H40N2O3. The Morgan fingerprint density at radius 3 is 2.48 bits per heavy atom. The zero-order valence-corrected chi connectivity index (χ0v) is 16.8. The predicted octanol–water partition coefficient (Wildman–Crippen LogP) is 3.44. The van der Waals surface area contributed by atoms with Crippen LogP contribution in [0.15, 0.2) is 12.2 Å². The highest BCUT2D eigenvalue weighted by atomic mass is 16.5. The highest BCUT2D eigenvalue weighted by Gasteiger charge is 2.20. The Labute approximate surface area is 155 Å². The van der Waals surface area contributed by atoms with Gasteiger partial charge in [-0.1, -0.05) is 40.7 Å². The number of nitrogens with one attached hydrogen (secondary N) is 1. The van der Waals surface area contributed by atoms with Crippen molar-refractivity contribution >= 4 is 11.7 Å². The number of carbonyl (C=O) groups excluding carboxylic acids is 2. The van der Waals surface area contributed by atoms with Crippen molar-refractivity contribution < 1.29 is 15.8 Å². The van der Waals surface area contributed by atoms with Crippen LogP contribution in [-0.4, -0.2) is 55.5 Å². The molecule has 0 saturated carbocycles. The minimum atomic E-state index is -0.00576. The first-order valence-corrected chi connectivity index (χ1v) is 9.84. The van der Waals surface area contributed by atoms with E-state index in [2.05, 4.69) is 10.2 Å². The monoisotopic (exact) mass is 356 g/mol. The predicted molar refractivity (Wildman–Crippen MR) is 106 cm³/mol. The second-order valence-corrected chi connectivity index (χ2v) is 6.43. The number of ether oxygens (including phenoxy) is 1. The summed E-state index contributed by atoms with van der Waals surface area (Å²) in [5.41, 5.74) is 0. The van der Waals surface area contributed by atoms with Gasteiger partial charge in [0.2, 0.25) is 5.91 Å². The summed E-state index contributed by atoms with van der Waals surface area (Å²) >= 11 is 0. The van der Waals surface area contributed by atoms with Crippen molar-refractivity contribution in [3.63, 3.8) is 0 Å². The SMILES string of the molecule is CC.CC/C=C/C(=O)NCCCN1CCC(OCC(=O)C(C)C)CC1.[HH]. The van der Waals surface area contributed by atoms with E-state index >= 15 is 0 Å². The zero-order chi connectivity index (χ0) is 19.1. The number of amides is 1. The van der Waals surface area contributed by atoms with E-state index in [4.69, 9.17) is 4.74 Å². The maximum atomic E-state index is 11.6. The van der Waals surface area contributed by atoms with Gasteiger partial charge in [0.05, 0.1) is 6.10 Å². The molecule has 1 aliphatic heterocycles. The fourth-order valence-electron chi connectivity index (χ4n) is 2.46. The summed E-state index contributed by atoms with van der Waals surface area (Å²) in [6.07, 6.45) is 7.49. The van der Waals surface area contributed by atoms with Gasteiger partial charge in [-0.15, -0.1) is 0 Å². The molecule has 1 N–H and O–H groups in total. The molecule has 5 nitrogen and oxygen atoms in total. The summed E-state index contributed by atoms with van der Waals surface area (Å²) in [5.74, 6) is 0.228. The van der Waals surface area contributed by atoms with Crippen LogP contribution in [0.4, 0.5) is 0 Å². The molecule has 1 fully saturated rings. The Bertz CT molecular complexity index is 393. The lowest BCUT2D eigenvalue weighted by atomic mass is 10.1. The van der Waals surface area contributed by atoms with E-state index < -0.39 is 0 Å². The molecule has 1 amide bonds. The largest absolute Gasteiger partial charge is 0.370 e. The molecule has 1 saturated heterocycles. The Morgan fingerprint density at radius 1 is 1.28 bits per heavy atom. The number of piperidine rings is 1. The van der Waals surface area contributed by atoms with Crippen molar-refractivity contribution in [1.29, 1.82) is 0 Å². The fourth-order valence-corrected chi connectivity index (χ4v) is 2.46. The number of hydrogen-bond acceptors (Lipinski definition) is 4. The summed E-state index contributed by atoms with van der Waals surface area (Å²) in [4.78, 5) is 25.4. The van der Waals surface area contributed by atoms with Crippen LogP contribution in [0.1, 0.15) is 61.7 Å². The Hall–Kier alpha value is -1.20. The maximum Gasteiger partial charge on any atom is 0.243 e. The molecule has 0 spiro atoms. The third-order valence-electron chi connectivity index (χ3n) is 4.10. The minimum absolute atomic E-state index is 0. The van der Waals surface area contributed by atoms with E-state index in [1.807, 2.05) is 40.7 Å². The number of nitrogens with zero attached hydrogens (tertiary/aromatic N) is 1. The van der Waals surface area contributed by atoms with Gasteiger partial charge in [-0.25, -0.2) is 0 Å². The second-order valence-electron chi connectivity index (χ2n) is 6.43.